The van der Waals surface area contributed by atoms with Gasteiger partial charge >= 0.3 is 0 Å². The van der Waals surface area contributed by atoms with Gasteiger partial charge in [0.25, 0.3) is 0 Å². The standard InChI is InChI=1S/C12H14ClN3O/c1-7-3-2-6-16-10(7)12(17)14-8-4-5-9(13)15-11(8)16/h4-5,7,10H,2-3,6H2,1H3,(H,14,17). The number of nitrogens with zero attached hydrogens (tertiary/aromatic N) is 2. The van der Waals surface area contributed by atoms with Gasteiger partial charge in [-0.2, -0.15) is 0 Å². The molecule has 1 aromatic rings. The van der Waals surface area contributed by atoms with Gasteiger partial charge in [-0.25, -0.2) is 4.98 Å². The monoisotopic (exact) mass is 251 g/mol. The molecule has 2 aliphatic rings. The number of anilines is 2. The first-order chi connectivity index (χ1) is 8.16. The predicted octanol–water partition coefficient (Wildman–Crippen LogP) is 2.29. The highest BCUT2D eigenvalue weighted by atomic mass is 35.5. The molecule has 17 heavy (non-hydrogen) atoms. The molecule has 2 unspecified atom stereocenters. The average Bonchev–Trinajstić information content (AvgIpc) is 2.30. The first kappa shape index (κ1) is 10.8. The van der Waals surface area contributed by atoms with Crippen molar-refractivity contribution in [3.8, 4) is 0 Å². The number of amides is 1. The van der Waals surface area contributed by atoms with Crippen LogP contribution in [0.15, 0.2) is 12.1 Å². The van der Waals surface area contributed by atoms with E-state index in [0.29, 0.717) is 11.1 Å². The third-order valence-corrected chi connectivity index (χ3v) is 3.78. The average molecular weight is 252 g/mol. The van der Waals surface area contributed by atoms with E-state index in [1.54, 1.807) is 6.07 Å². The smallest absolute Gasteiger partial charge is 0.247 e. The fourth-order valence-electron chi connectivity index (χ4n) is 2.77. The zero-order valence-corrected chi connectivity index (χ0v) is 10.4. The minimum Gasteiger partial charge on any atom is -0.343 e. The Balaban J connectivity index is 2.08. The van der Waals surface area contributed by atoms with E-state index in [1.165, 1.54) is 0 Å². The minimum atomic E-state index is -0.0952. The maximum Gasteiger partial charge on any atom is 0.247 e. The van der Waals surface area contributed by atoms with Gasteiger partial charge in [0.15, 0.2) is 5.82 Å². The van der Waals surface area contributed by atoms with Crippen molar-refractivity contribution >= 4 is 29.0 Å². The van der Waals surface area contributed by atoms with Crippen LogP contribution in [0.5, 0.6) is 0 Å². The molecule has 3 heterocycles. The van der Waals surface area contributed by atoms with Crippen molar-refractivity contribution in [1.82, 2.24) is 4.98 Å². The molecule has 0 radical (unpaired) electrons. The zero-order chi connectivity index (χ0) is 12.0. The summed E-state index contributed by atoms with van der Waals surface area (Å²) in [6.45, 7) is 2.99. The van der Waals surface area contributed by atoms with Crippen molar-refractivity contribution < 1.29 is 4.79 Å². The van der Waals surface area contributed by atoms with Crippen LogP contribution in [0.4, 0.5) is 11.5 Å². The maximum absolute atomic E-state index is 12.1. The summed E-state index contributed by atoms with van der Waals surface area (Å²) >= 11 is 5.93. The Kier molecular flexibility index (Phi) is 2.47. The van der Waals surface area contributed by atoms with E-state index in [1.807, 2.05) is 6.07 Å². The third kappa shape index (κ3) is 1.67. The molecule has 2 atom stereocenters. The predicted molar refractivity (Wildman–Crippen MR) is 67.4 cm³/mol. The van der Waals surface area contributed by atoms with Gasteiger partial charge in [-0.3, -0.25) is 4.79 Å². The largest absolute Gasteiger partial charge is 0.343 e. The molecule has 4 nitrogen and oxygen atoms in total. The quantitative estimate of drug-likeness (QED) is 0.720. The van der Waals surface area contributed by atoms with E-state index in [2.05, 4.69) is 22.1 Å². The zero-order valence-electron chi connectivity index (χ0n) is 9.61. The van der Waals surface area contributed by atoms with Crippen LogP contribution in [0.1, 0.15) is 19.8 Å². The van der Waals surface area contributed by atoms with Gasteiger partial charge < -0.3 is 10.2 Å². The highest BCUT2D eigenvalue weighted by Crippen LogP contribution is 2.37. The third-order valence-electron chi connectivity index (χ3n) is 3.57. The molecule has 2 aliphatic heterocycles. The molecule has 1 amide bonds. The maximum atomic E-state index is 12.1. The number of nitrogens with one attached hydrogen (secondary N) is 1. The molecule has 1 fully saturated rings. The van der Waals surface area contributed by atoms with Gasteiger partial charge in [0.2, 0.25) is 5.91 Å². The van der Waals surface area contributed by atoms with Crippen molar-refractivity contribution in [3.63, 3.8) is 0 Å². The van der Waals surface area contributed by atoms with Crippen LogP contribution in [-0.2, 0) is 4.79 Å². The summed E-state index contributed by atoms with van der Waals surface area (Å²) in [5.41, 5.74) is 0.768. The van der Waals surface area contributed by atoms with E-state index in [-0.39, 0.29) is 11.9 Å². The van der Waals surface area contributed by atoms with Crippen molar-refractivity contribution in [2.75, 3.05) is 16.8 Å². The normalized spacial score (nSPS) is 27.2. The number of aromatic nitrogens is 1. The second kappa shape index (κ2) is 3.88. The van der Waals surface area contributed by atoms with Crippen LogP contribution in [0.2, 0.25) is 5.15 Å². The lowest BCUT2D eigenvalue weighted by Gasteiger charge is -2.43. The Morgan fingerprint density at radius 1 is 1.53 bits per heavy atom. The number of carbonyl (C=O) groups excluding carboxylic acids is 1. The fraction of sp³-hybridized carbons (Fsp3) is 0.500. The summed E-state index contributed by atoms with van der Waals surface area (Å²) in [7, 11) is 0. The van der Waals surface area contributed by atoms with E-state index < -0.39 is 0 Å². The molecule has 1 saturated heterocycles. The summed E-state index contributed by atoms with van der Waals surface area (Å²) in [6, 6.07) is 3.43. The topological polar surface area (TPSA) is 45.2 Å². The van der Waals surface area contributed by atoms with Crippen molar-refractivity contribution in [2.45, 2.75) is 25.8 Å². The molecule has 0 saturated carbocycles. The summed E-state index contributed by atoms with van der Waals surface area (Å²) in [5, 5.41) is 3.38. The Hall–Kier alpha value is -1.29. The minimum absolute atomic E-state index is 0.0776. The SMILES string of the molecule is CC1CCCN2c3nc(Cl)ccc3NC(=O)C12. The van der Waals surface area contributed by atoms with Crippen LogP contribution in [0.25, 0.3) is 0 Å². The highest BCUT2D eigenvalue weighted by molar-refractivity contribution is 6.29. The second-order valence-corrected chi connectivity index (χ2v) is 5.14. The van der Waals surface area contributed by atoms with Gasteiger partial charge in [-0.05, 0) is 30.9 Å². The van der Waals surface area contributed by atoms with Gasteiger partial charge in [0, 0.05) is 6.54 Å². The molecule has 0 aromatic carbocycles. The lowest BCUT2D eigenvalue weighted by atomic mass is 9.89. The lowest BCUT2D eigenvalue weighted by molar-refractivity contribution is -0.119. The summed E-state index contributed by atoms with van der Waals surface area (Å²) in [5.74, 6) is 1.25. The van der Waals surface area contributed by atoms with E-state index in [9.17, 15) is 4.79 Å². The molecular formula is C12H14ClN3O. The molecular weight excluding hydrogens is 238 g/mol. The Morgan fingerprint density at radius 3 is 3.18 bits per heavy atom. The number of halogens is 1. The summed E-state index contributed by atoms with van der Waals surface area (Å²) in [6.07, 6.45) is 2.18. The Morgan fingerprint density at radius 2 is 2.35 bits per heavy atom. The van der Waals surface area contributed by atoms with E-state index in [4.69, 9.17) is 11.6 Å². The number of hydrogen-bond acceptors (Lipinski definition) is 3. The first-order valence-electron chi connectivity index (χ1n) is 5.91. The number of hydrogen-bond donors (Lipinski definition) is 1. The van der Waals surface area contributed by atoms with Crippen molar-refractivity contribution in [2.24, 2.45) is 5.92 Å². The van der Waals surface area contributed by atoms with E-state index in [0.717, 1.165) is 30.9 Å². The first-order valence-corrected chi connectivity index (χ1v) is 6.28. The van der Waals surface area contributed by atoms with E-state index >= 15 is 0 Å². The summed E-state index contributed by atoms with van der Waals surface area (Å²) < 4.78 is 0. The van der Waals surface area contributed by atoms with Crippen LogP contribution in [0.3, 0.4) is 0 Å². The van der Waals surface area contributed by atoms with Crippen molar-refractivity contribution in [3.05, 3.63) is 17.3 Å². The molecule has 0 bridgehead atoms. The number of fused-ring (bicyclic) bond motifs is 3. The Bertz CT molecular complexity index is 477. The summed E-state index contributed by atoms with van der Waals surface area (Å²) in [4.78, 5) is 18.5. The van der Waals surface area contributed by atoms with Crippen LogP contribution in [-0.4, -0.2) is 23.5 Å². The molecule has 3 rings (SSSR count). The molecule has 1 aromatic heterocycles. The molecule has 0 aliphatic carbocycles. The van der Waals surface area contributed by atoms with Crippen LogP contribution in [0, 0.1) is 5.92 Å². The lowest BCUT2D eigenvalue weighted by Crippen LogP contribution is -2.54. The van der Waals surface area contributed by atoms with Crippen molar-refractivity contribution in [1.29, 1.82) is 0 Å². The number of carbonyl (C=O) groups is 1. The van der Waals surface area contributed by atoms with Gasteiger partial charge in [0.05, 0.1) is 5.69 Å². The Labute approximate surface area is 105 Å². The molecule has 1 N–H and O–H groups in total. The number of pyridine rings is 1. The number of piperidine rings is 1. The fourth-order valence-corrected chi connectivity index (χ4v) is 2.92. The molecule has 5 heteroatoms. The van der Waals surface area contributed by atoms with Gasteiger partial charge in [-0.1, -0.05) is 18.5 Å². The molecule has 0 spiro atoms. The molecule has 90 valence electrons. The van der Waals surface area contributed by atoms with Gasteiger partial charge in [-0.15, -0.1) is 0 Å². The van der Waals surface area contributed by atoms with Crippen LogP contribution >= 0.6 is 11.6 Å². The van der Waals surface area contributed by atoms with Gasteiger partial charge in [0.1, 0.15) is 11.2 Å². The number of rotatable bonds is 0. The van der Waals surface area contributed by atoms with Crippen LogP contribution < -0.4 is 10.2 Å². The highest BCUT2D eigenvalue weighted by Gasteiger charge is 2.39. The second-order valence-electron chi connectivity index (χ2n) is 4.75.